The van der Waals surface area contributed by atoms with Crippen LogP contribution in [0.4, 0.5) is 0 Å². The molecule has 0 unspecified atom stereocenters. The van der Waals surface area contributed by atoms with Crippen molar-refractivity contribution in [2.45, 2.75) is 37.7 Å². The van der Waals surface area contributed by atoms with Crippen molar-refractivity contribution in [3.63, 3.8) is 0 Å². The molecule has 1 aliphatic carbocycles. The van der Waals surface area contributed by atoms with Crippen LogP contribution in [0.5, 0.6) is 5.75 Å². The van der Waals surface area contributed by atoms with Crippen molar-refractivity contribution < 1.29 is 15.0 Å². The normalized spacial score (nSPS) is 24.4. The lowest BCUT2D eigenvalue weighted by Gasteiger charge is -2.25. The number of pyridine rings is 1. The van der Waals surface area contributed by atoms with Gasteiger partial charge in [-0.1, -0.05) is 12.1 Å². The maximum absolute atomic E-state index is 10.1. The minimum absolute atomic E-state index is 0.181. The molecule has 2 N–H and O–H groups in total. The third-order valence-electron chi connectivity index (χ3n) is 4.59. The molecule has 5 nitrogen and oxygen atoms in total. The van der Waals surface area contributed by atoms with Crippen LogP contribution in [-0.2, 0) is 0 Å². The summed E-state index contributed by atoms with van der Waals surface area (Å²) in [6.45, 7) is 0. The van der Waals surface area contributed by atoms with E-state index in [1.807, 2.05) is 12.1 Å². The van der Waals surface area contributed by atoms with Gasteiger partial charge in [0.2, 0.25) is 0 Å². The molecular weight excluding hydrogens is 267 g/mol. The molecule has 108 valence electrons. The monoisotopic (exact) mass is 284 g/mol. The van der Waals surface area contributed by atoms with E-state index in [0.717, 1.165) is 52.7 Å². The van der Waals surface area contributed by atoms with Crippen LogP contribution in [0.25, 0.3) is 17.1 Å². The number of hydrogen-bond acceptors (Lipinski definition) is 4. The first kappa shape index (κ1) is 12.8. The lowest BCUT2D eigenvalue weighted by molar-refractivity contribution is 0.122. The fourth-order valence-corrected chi connectivity index (χ4v) is 3.49. The van der Waals surface area contributed by atoms with Gasteiger partial charge in [-0.05, 0) is 37.2 Å². The maximum atomic E-state index is 10.1. The van der Waals surface area contributed by atoms with Gasteiger partial charge in [0.05, 0.1) is 12.3 Å². The van der Waals surface area contributed by atoms with Crippen molar-refractivity contribution in [3.05, 3.63) is 29.5 Å². The van der Waals surface area contributed by atoms with E-state index in [1.165, 1.54) is 0 Å². The second-order valence-electron chi connectivity index (χ2n) is 5.88. The van der Waals surface area contributed by atoms with Gasteiger partial charge in [0.25, 0.3) is 0 Å². The average Bonchev–Trinajstić information content (AvgIpc) is 2.86. The minimum atomic E-state index is -0.181. The van der Waals surface area contributed by atoms with Gasteiger partial charge in [-0.3, -0.25) is 0 Å². The van der Waals surface area contributed by atoms with Crippen LogP contribution in [0.2, 0.25) is 0 Å². The van der Waals surface area contributed by atoms with Crippen LogP contribution in [0, 0.1) is 0 Å². The van der Waals surface area contributed by atoms with E-state index in [4.69, 9.17) is 4.65 Å². The molecule has 0 saturated heterocycles. The van der Waals surface area contributed by atoms with E-state index in [1.54, 1.807) is 12.4 Å². The summed E-state index contributed by atoms with van der Waals surface area (Å²) in [7, 11) is 0.560. The van der Waals surface area contributed by atoms with E-state index in [-0.39, 0.29) is 6.10 Å². The van der Waals surface area contributed by atoms with Crippen molar-refractivity contribution in [3.8, 4) is 5.75 Å². The molecule has 1 saturated carbocycles. The zero-order chi connectivity index (χ0) is 14.4. The second-order valence-corrected chi connectivity index (χ2v) is 5.88. The van der Waals surface area contributed by atoms with Crippen molar-refractivity contribution in [1.82, 2.24) is 9.71 Å². The predicted molar refractivity (Wildman–Crippen MR) is 80.9 cm³/mol. The Bertz CT molecular complexity index is 717. The SMILES string of the molecule is On1cc([C@H]2CC[C@@H](O)CC2)c2c3c(cnc21)OBC=C3. The fourth-order valence-electron chi connectivity index (χ4n) is 3.49. The number of nitrogens with zero attached hydrogens (tertiary/aromatic N) is 2. The highest BCUT2D eigenvalue weighted by Crippen LogP contribution is 2.40. The number of fused-ring (bicyclic) bond motifs is 3. The Morgan fingerprint density at radius 1 is 1.29 bits per heavy atom. The summed E-state index contributed by atoms with van der Waals surface area (Å²) in [5, 5.41) is 20.8. The minimum Gasteiger partial charge on any atom is -0.558 e. The van der Waals surface area contributed by atoms with Crippen LogP contribution in [0.3, 0.4) is 0 Å². The molecule has 4 rings (SSSR count). The summed E-state index contributed by atoms with van der Waals surface area (Å²) in [5.74, 6) is 3.10. The highest BCUT2D eigenvalue weighted by Gasteiger charge is 2.26. The Morgan fingerprint density at radius 3 is 2.90 bits per heavy atom. The zero-order valence-corrected chi connectivity index (χ0v) is 11.7. The second kappa shape index (κ2) is 4.81. The summed E-state index contributed by atoms with van der Waals surface area (Å²) in [6, 6.07) is 0. The number of aliphatic hydroxyl groups excluding tert-OH is 1. The van der Waals surface area contributed by atoms with Gasteiger partial charge in [0.15, 0.2) is 5.65 Å². The summed E-state index contributed by atoms with van der Waals surface area (Å²) in [5.41, 5.74) is 2.68. The molecule has 1 aliphatic heterocycles. The maximum Gasteiger partial charge on any atom is 0.366 e. The van der Waals surface area contributed by atoms with Gasteiger partial charge in [-0.25, -0.2) is 4.98 Å². The molecule has 21 heavy (non-hydrogen) atoms. The lowest BCUT2D eigenvalue weighted by Crippen LogP contribution is -2.17. The number of aliphatic hydroxyl groups is 1. The van der Waals surface area contributed by atoms with E-state index in [9.17, 15) is 10.3 Å². The first-order valence-electron chi connectivity index (χ1n) is 7.44. The van der Waals surface area contributed by atoms with E-state index in [2.05, 4.69) is 4.98 Å². The smallest absolute Gasteiger partial charge is 0.366 e. The largest absolute Gasteiger partial charge is 0.558 e. The quantitative estimate of drug-likeness (QED) is 0.621. The van der Waals surface area contributed by atoms with Crippen molar-refractivity contribution in [2.24, 2.45) is 0 Å². The molecule has 2 aromatic heterocycles. The summed E-state index contributed by atoms with van der Waals surface area (Å²) < 4.78 is 6.73. The summed E-state index contributed by atoms with van der Waals surface area (Å²) in [4.78, 5) is 4.33. The van der Waals surface area contributed by atoms with E-state index in [0.29, 0.717) is 19.0 Å². The standard InChI is InChI=1S/C15H17BN2O3/c19-10-3-1-9(2-4-10)12-8-18(20)15-14(12)11-5-6-16-21-13(11)7-17-15/h5-10,16,19-20H,1-4H2/t9-,10+. The van der Waals surface area contributed by atoms with E-state index < -0.39 is 0 Å². The van der Waals surface area contributed by atoms with Gasteiger partial charge >= 0.3 is 7.48 Å². The Morgan fingerprint density at radius 2 is 2.10 bits per heavy atom. The van der Waals surface area contributed by atoms with Crippen LogP contribution < -0.4 is 4.65 Å². The molecule has 1 fully saturated rings. The topological polar surface area (TPSA) is 67.5 Å². The third kappa shape index (κ3) is 2.02. The van der Waals surface area contributed by atoms with Gasteiger partial charge in [0, 0.05) is 17.1 Å². The van der Waals surface area contributed by atoms with Crippen molar-refractivity contribution >= 4 is 24.6 Å². The summed E-state index contributed by atoms with van der Waals surface area (Å²) in [6.07, 6.45) is 8.81. The van der Waals surface area contributed by atoms with Gasteiger partial charge in [-0.15, -0.1) is 0 Å². The molecule has 3 heterocycles. The van der Waals surface area contributed by atoms with Gasteiger partial charge in [-0.2, -0.15) is 4.73 Å². The molecule has 0 spiro atoms. The molecule has 2 aliphatic rings. The zero-order valence-electron chi connectivity index (χ0n) is 11.7. The molecule has 2 aromatic rings. The molecule has 0 radical (unpaired) electrons. The van der Waals surface area contributed by atoms with Gasteiger partial charge < -0.3 is 15.0 Å². The Kier molecular flexibility index (Phi) is 2.92. The number of aromatic nitrogens is 2. The lowest BCUT2D eigenvalue weighted by atomic mass is 9.82. The number of rotatable bonds is 1. The van der Waals surface area contributed by atoms with Crippen LogP contribution in [0.15, 0.2) is 18.4 Å². The summed E-state index contributed by atoms with van der Waals surface area (Å²) >= 11 is 0. The molecular formula is C15H17BN2O3. The van der Waals surface area contributed by atoms with Gasteiger partial charge in [0.1, 0.15) is 5.75 Å². The highest BCUT2D eigenvalue weighted by molar-refractivity contribution is 6.38. The molecule has 0 bridgehead atoms. The average molecular weight is 284 g/mol. The highest BCUT2D eigenvalue weighted by atomic mass is 16.5. The fraction of sp³-hybridized carbons (Fsp3) is 0.400. The van der Waals surface area contributed by atoms with Crippen molar-refractivity contribution in [2.75, 3.05) is 0 Å². The van der Waals surface area contributed by atoms with Crippen molar-refractivity contribution in [1.29, 1.82) is 0 Å². The first-order valence-corrected chi connectivity index (χ1v) is 7.44. The Balaban J connectivity index is 1.87. The first-order chi connectivity index (χ1) is 10.2. The van der Waals surface area contributed by atoms with E-state index >= 15 is 0 Å². The number of hydrogen-bond donors (Lipinski definition) is 2. The third-order valence-corrected chi connectivity index (χ3v) is 4.59. The molecule has 0 amide bonds. The predicted octanol–water partition coefficient (Wildman–Crippen LogP) is 2.01. The van der Waals surface area contributed by atoms with Crippen LogP contribution in [0.1, 0.15) is 42.7 Å². The van der Waals surface area contributed by atoms with Crippen LogP contribution in [-0.4, -0.2) is 33.6 Å². The molecule has 0 aromatic carbocycles. The Labute approximate surface area is 123 Å². The molecule has 6 heteroatoms. The molecule has 0 atom stereocenters. The Hall–Kier alpha value is -1.95. The van der Waals surface area contributed by atoms with Crippen LogP contribution >= 0.6 is 0 Å².